The number of ether oxygens (including phenoxy) is 3. The van der Waals surface area contributed by atoms with Crippen LogP contribution in [-0.2, 0) is 19.0 Å². The molecule has 2 aromatic heterocycles. The van der Waals surface area contributed by atoms with Gasteiger partial charge in [0, 0.05) is 17.3 Å². The summed E-state index contributed by atoms with van der Waals surface area (Å²) in [6.45, 7) is 15.6. The second-order valence-electron chi connectivity index (χ2n) is 8.91. The number of hydrogen-bond donors (Lipinski definition) is 0. The van der Waals surface area contributed by atoms with Gasteiger partial charge in [-0.3, -0.25) is 0 Å². The Morgan fingerprint density at radius 1 is 1.16 bits per heavy atom. The van der Waals surface area contributed by atoms with Crippen LogP contribution in [0.5, 0.6) is 0 Å². The summed E-state index contributed by atoms with van der Waals surface area (Å²) in [7, 11) is 0. The summed E-state index contributed by atoms with van der Waals surface area (Å²) in [5, 5.41) is 4.44. The van der Waals surface area contributed by atoms with Crippen LogP contribution in [0.2, 0.25) is 0 Å². The van der Waals surface area contributed by atoms with Crippen LogP contribution in [0.3, 0.4) is 0 Å². The Hall–Kier alpha value is -2.74. The molecule has 0 spiro atoms. The van der Waals surface area contributed by atoms with Crippen molar-refractivity contribution in [2.45, 2.75) is 73.5 Å². The highest BCUT2D eigenvalue weighted by Gasteiger charge is 2.33. The number of fused-ring (bicyclic) bond motifs is 1. The SMILES string of the molecule is CCOC(=O)c1cc2nc(C)c([C@H](OC(C)(C)C)C(=O)OCC)c(/C=C/CC(C)C)n2n1. The number of carbonyl (C=O) groups excluding carboxylic acids is 2. The summed E-state index contributed by atoms with van der Waals surface area (Å²) in [5.74, 6) is -0.572. The number of esters is 2. The van der Waals surface area contributed by atoms with Crippen molar-refractivity contribution in [1.82, 2.24) is 14.6 Å². The van der Waals surface area contributed by atoms with Gasteiger partial charge in [0.05, 0.1) is 24.5 Å². The molecule has 0 N–H and O–H groups in total. The molecule has 2 aromatic rings. The van der Waals surface area contributed by atoms with E-state index in [2.05, 4.69) is 23.9 Å². The van der Waals surface area contributed by atoms with Gasteiger partial charge in [-0.1, -0.05) is 19.9 Å². The molecule has 0 amide bonds. The third-order valence-corrected chi connectivity index (χ3v) is 4.47. The molecular formula is C24H35N3O5. The third kappa shape index (κ3) is 6.38. The van der Waals surface area contributed by atoms with E-state index in [4.69, 9.17) is 14.2 Å². The molecule has 8 nitrogen and oxygen atoms in total. The highest BCUT2D eigenvalue weighted by Crippen LogP contribution is 2.31. The lowest BCUT2D eigenvalue weighted by molar-refractivity contribution is -0.167. The number of allylic oxidation sites excluding steroid dienone is 1. The topological polar surface area (TPSA) is 92.0 Å². The first-order chi connectivity index (χ1) is 15.0. The maximum Gasteiger partial charge on any atom is 0.358 e. The van der Waals surface area contributed by atoms with Gasteiger partial charge in [-0.2, -0.15) is 5.10 Å². The molecule has 0 bridgehead atoms. The molecule has 1 atom stereocenters. The van der Waals surface area contributed by atoms with Gasteiger partial charge in [-0.25, -0.2) is 19.1 Å². The lowest BCUT2D eigenvalue weighted by Crippen LogP contribution is -2.30. The van der Waals surface area contributed by atoms with Gasteiger partial charge in [0.1, 0.15) is 0 Å². The first-order valence-electron chi connectivity index (χ1n) is 11.1. The molecule has 0 saturated carbocycles. The highest BCUT2D eigenvalue weighted by molar-refractivity contribution is 5.88. The van der Waals surface area contributed by atoms with E-state index >= 15 is 0 Å². The number of hydrogen-bond acceptors (Lipinski definition) is 7. The Morgan fingerprint density at radius 3 is 2.38 bits per heavy atom. The molecule has 8 heteroatoms. The number of aryl methyl sites for hydroxylation is 1. The smallest absolute Gasteiger partial charge is 0.358 e. The molecule has 0 aliphatic carbocycles. The van der Waals surface area contributed by atoms with E-state index in [9.17, 15) is 9.59 Å². The highest BCUT2D eigenvalue weighted by atomic mass is 16.6. The summed E-state index contributed by atoms with van der Waals surface area (Å²) >= 11 is 0. The van der Waals surface area contributed by atoms with Crippen molar-refractivity contribution in [2.75, 3.05) is 13.2 Å². The number of nitrogens with zero attached hydrogens (tertiary/aromatic N) is 3. The largest absolute Gasteiger partial charge is 0.464 e. The summed E-state index contributed by atoms with van der Waals surface area (Å²) in [6, 6.07) is 1.58. The Kier molecular flexibility index (Phi) is 8.55. The van der Waals surface area contributed by atoms with Crippen LogP contribution in [0.4, 0.5) is 0 Å². The predicted octanol–water partition coefficient (Wildman–Crippen LogP) is 4.69. The Balaban J connectivity index is 2.77. The standard InChI is InChI=1S/C24H35N3O5/c1-9-30-22(28)17-14-19-25-16(5)20(18(27(19)26-17)13-11-12-15(3)4)21(23(29)31-10-2)32-24(6,7)8/h11,13-15,21H,9-10,12H2,1-8H3/b13-11+/t21-/m0/s1. The molecule has 2 heterocycles. The molecular weight excluding hydrogens is 410 g/mol. The van der Waals surface area contributed by atoms with E-state index in [1.807, 2.05) is 39.8 Å². The zero-order valence-electron chi connectivity index (χ0n) is 20.4. The fourth-order valence-electron chi connectivity index (χ4n) is 3.20. The van der Waals surface area contributed by atoms with Crippen molar-refractivity contribution in [3.63, 3.8) is 0 Å². The maximum atomic E-state index is 12.9. The van der Waals surface area contributed by atoms with Crippen LogP contribution < -0.4 is 0 Å². The van der Waals surface area contributed by atoms with E-state index < -0.39 is 23.6 Å². The summed E-state index contributed by atoms with van der Waals surface area (Å²) in [4.78, 5) is 29.8. The lowest BCUT2D eigenvalue weighted by Gasteiger charge is -2.28. The summed E-state index contributed by atoms with van der Waals surface area (Å²) < 4.78 is 18.1. The Labute approximate surface area is 190 Å². The second-order valence-corrected chi connectivity index (χ2v) is 8.91. The molecule has 176 valence electrons. The molecule has 0 fully saturated rings. The van der Waals surface area contributed by atoms with Gasteiger partial charge in [0.2, 0.25) is 0 Å². The van der Waals surface area contributed by atoms with Crippen LogP contribution in [0.1, 0.15) is 88.4 Å². The van der Waals surface area contributed by atoms with Crippen molar-refractivity contribution < 1.29 is 23.8 Å². The molecule has 2 rings (SSSR count). The number of rotatable bonds is 9. The molecule has 0 saturated heterocycles. The molecule has 0 aliphatic heterocycles. The third-order valence-electron chi connectivity index (χ3n) is 4.47. The normalized spacial score (nSPS) is 13.2. The van der Waals surface area contributed by atoms with Crippen molar-refractivity contribution in [2.24, 2.45) is 5.92 Å². The van der Waals surface area contributed by atoms with Crippen molar-refractivity contribution >= 4 is 23.7 Å². The maximum absolute atomic E-state index is 12.9. The van der Waals surface area contributed by atoms with Gasteiger partial charge in [-0.05, 0) is 60.0 Å². The molecule has 0 unspecified atom stereocenters. The second kappa shape index (κ2) is 10.7. The van der Waals surface area contributed by atoms with E-state index in [-0.39, 0.29) is 18.9 Å². The van der Waals surface area contributed by atoms with Gasteiger partial charge >= 0.3 is 11.9 Å². The zero-order chi connectivity index (χ0) is 24.1. The minimum absolute atomic E-state index is 0.152. The minimum atomic E-state index is -0.999. The molecule has 0 aliphatic rings. The van der Waals surface area contributed by atoms with Crippen LogP contribution >= 0.6 is 0 Å². The van der Waals surface area contributed by atoms with Gasteiger partial charge in [0.25, 0.3) is 0 Å². The van der Waals surface area contributed by atoms with E-state index in [1.165, 1.54) is 0 Å². The van der Waals surface area contributed by atoms with Crippen LogP contribution in [0.15, 0.2) is 12.1 Å². The summed E-state index contributed by atoms with van der Waals surface area (Å²) in [6.07, 6.45) is 3.75. The first-order valence-corrected chi connectivity index (χ1v) is 11.1. The average molecular weight is 446 g/mol. The van der Waals surface area contributed by atoms with Gasteiger partial charge in [-0.15, -0.1) is 0 Å². The first kappa shape index (κ1) is 25.5. The van der Waals surface area contributed by atoms with E-state index in [0.29, 0.717) is 28.5 Å². The van der Waals surface area contributed by atoms with Gasteiger partial charge in [0.15, 0.2) is 17.4 Å². The van der Waals surface area contributed by atoms with Crippen LogP contribution in [0, 0.1) is 12.8 Å². The molecule has 0 aromatic carbocycles. The predicted molar refractivity (Wildman–Crippen MR) is 122 cm³/mol. The molecule has 0 radical (unpaired) electrons. The monoisotopic (exact) mass is 445 g/mol. The van der Waals surface area contributed by atoms with Crippen molar-refractivity contribution in [1.29, 1.82) is 0 Å². The minimum Gasteiger partial charge on any atom is -0.464 e. The van der Waals surface area contributed by atoms with Crippen LogP contribution in [0.25, 0.3) is 11.7 Å². The van der Waals surface area contributed by atoms with Gasteiger partial charge < -0.3 is 14.2 Å². The number of carbonyl (C=O) groups is 2. The lowest BCUT2D eigenvalue weighted by atomic mass is 10.0. The molecule has 32 heavy (non-hydrogen) atoms. The Bertz CT molecular complexity index is 986. The fraction of sp³-hybridized carbons (Fsp3) is 0.583. The average Bonchev–Trinajstić information content (AvgIpc) is 3.09. The van der Waals surface area contributed by atoms with Crippen LogP contribution in [-0.4, -0.2) is 45.4 Å². The van der Waals surface area contributed by atoms with E-state index in [1.54, 1.807) is 24.4 Å². The van der Waals surface area contributed by atoms with Crippen molar-refractivity contribution in [3.8, 4) is 0 Å². The summed E-state index contributed by atoms with van der Waals surface area (Å²) in [5.41, 5.74) is 1.79. The quantitative estimate of drug-likeness (QED) is 0.517. The number of aromatic nitrogens is 3. The Morgan fingerprint density at radius 2 is 1.81 bits per heavy atom. The fourth-order valence-corrected chi connectivity index (χ4v) is 3.20. The zero-order valence-corrected chi connectivity index (χ0v) is 20.4. The van der Waals surface area contributed by atoms with Crippen molar-refractivity contribution in [3.05, 3.63) is 34.8 Å². The van der Waals surface area contributed by atoms with E-state index in [0.717, 1.165) is 6.42 Å².